The molecule has 0 bridgehead atoms. The molecule has 18 heavy (non-hydrogen) atoms. The highest BCUT2D eigenvalue weighted by Gasteiger charge is 2.29. The van der Waals surface area contributed by atoms with Gasteiger partial charge in [0.05, 0.1) is 6.61 Å². The maximum absolute atomic E-state index is 12.3. The van der Waals surface area contributed by atoms with Crippen LogP contribution in [-0.4, -0.2) is 18.0 Å². The summed E-state index contributed by atoms with van der Waals surface area (Å²) in [6.07, 6.45) is 1.33. The molecular formula is C12H14ClF3OS. The van der Waals surface area contributed by atoms with Gasteiger partial charge in [0, 0.05) is 10.8 Å². The molecule has 1 rings (SSSR count). The second kappa shape index (κ2) is 7.14. The van der Waals surface area contributed by atoms with Crippen LogP contribution in [0.3, 0.4) is 0 Å². The van der Waals surface area contributed by atoms with E-state index in [4.69, 9.17) is 16.3 Å². The van der Waals surface area contributed by atoms with Gasteiger partial charge in [0.1, 0.15) is 5.75 Å². The van der Waals surface area contributed by atoms with Gasteiger partial charge in [-0.15, -0.1) is 11.6 Å². The highest BCUT2D eigenvalue weighted by Crippen LogP contribution is 2.38. The lowest BCUT2D eigenvalue weighted by Crippen LogP contribution is -2.01. The molecule has 1 aromatic carbocycles. The first-order chi connectivity index (χ1) is 8.46. The summed E-state index contributed by atoms with van der Waals surface area (Å²) < 4.78 is 42.2. The summed E-state index contributed by atoms with van der Waals surface area (Å²) in [4.78, 5) is 0.176. The molecule has 0 unspecified atom stereocenters. The van der Waals surface area contributed by atoms with E-state index in [0.29, 0.717) is 31.1 Å². The number of hydrogen-bond donors (Lipinski definition) is 0. The van der Waals surface area contributed by atoms with Crippen molar-refractivity contribution in [3.63, 3.8) is 0 Å². The zero-order valence-corrected chi connectivity index (χ0v) is 11.5. The Morgan fingerprint density at radius 2 is 2.06 bits per heavy atom. The van der Waals surface area contributed by atoms with Gasteiger partial charge in [0.2, 0.25) is 0 Å². The van der Waals surface area contributed by atoms with Crippen LogP contribution in [0.1, 0.15) is 18.9 Å². The smallest absolute Gasteiger partial charge is 0.446 e. The summed E-state index contributed by atoms with van der Waals surface area (Å²) >= 11 is 5.49. The molecule has 0 heterocycles. The molecule has 102 valence electrons. The predicted molar refractivity (Wildman–Crippen MR) is 68.6 cm³/mol. The summed E-state index contributed by atoms with van der Waals surface area (Å²) in [6.45, 7) is 2.32. The molecule has 0 saturated carbocycles. The van der Waals surface area contributed by atoms with Crippen molar-refractivity contribution in [2.75, 3.05) is 12.5 Å². The minimum Gasteiger partial charge on any atom is -0.494 e. The van der Waals surface area contributed by atoms with E-state index in [1.54, 1.807) is 6.07 Å². The summed E-state index contributed by atoms with van der Waals surface area (Å²) in [5, 5.41) is 0. The van der Waals surface area contributed by atoms with Gasteiger partial charge in [-0.1, -0.05) is 0 Å². The molecule has 0 aliphatic heterocycles. The third-order valence-corrected chi connectivity index (χ3v) is 3.13. The molecule has 0 atom stereocenters. The summed E-state index contributed by atoms with van der Waals surface area (Å²) in [6, 6.07) is 4.53. The largest absolute Gasteiger partial charge is 0.494 e. The van der Waals surface area contributed by atoms with E-state index in [0.717, 1.165) is 5.56 Å². The van der Waals surface area contributed by atoms with Crippen molar-refractivity contribution >= 4 is 23.4 Å². The van der Waals surface area contributed by atoms with Gasteiger partial charge in [-0.05, 0) is 55.3 Å². The van der Waals surface area contributed by atoms with E-state index >= 15 is 0 Å². The number of aryl methyl sites for hydroxylation is 1. The molecule has 0 aromatic heterocycles. The number of benzene rings is 1. The fraction of sp³-hybridized carbons (Fsp3) is 0.500. The lowest BCUT2D eigenvalue weighted by molar-refractivity contribution is -0.0328. The first kappa shape index (κ1) is 15.5. The zero-order valence-electron chi connectivity index (χ0n) is 9.89. The van der Waals surface area contributed by atoms with Crippen LogP contribution in [0.15, 0.2) is 23.1 Å². The van der Waals surface area contributed by atoms with Crippen LogP contribution in [-0.2, 0) is 6.42 Å². The number of rotatable bonds is 6. The molecule has 6 heteroatoms. The molecular weight excluding hydrogens is 285 g/mol. The maximum atomic E-state index is 12.3. The topological polar surface area (TPSA) is 9.23 Å². The third-order valence-electron chi connectivity index (χ3n) is 2.15. The SMILES string of the molecule is CCOc1ccc(SC(F)(F)F)cc1CCCCl. The fourth-order valence-electron chi connectivity index (χ4n) is 1.50. The Labute approximate surface area is 114 Å². The number of hydrogen-bond acceptors (Lipinski definition) is 2. The Kier molecular flexibility index (Phi) is 6.15. The quantitative estimate of drug-likeness (QED) is 0.547. The van der Waals surface area contributed by atoms with E-state index in [9.17, 15) is 13.2 Å². The van der Waals surface area contributed by atoms with Crippen molar-refractivity contribution in [2.45, 2.75) is 30.2 Å². The molecule has 0 aliphatic rings. The molecule has 0 N–H and O–H groups in total. The van der Waals surface area contributed by atoms with Crippen LogP contribution in [0.2, 0.25) is 0 Å². The van der Waals surface area contributed by atoms with Crippen LogP contribution >= 0.6 is 23.4 Å². The van der Waals surface area contributed by atoms with Crippen molar-refractivity contribution < 1.29 is 17.9 Å². The number of halogens is 4. The first-order valence-corrected chi connectivity index (χ1v) is 6.88. The van der Waals surface area contributed by atoms with E-state index in [1.165, 1.54) is 12.1 Å². The van der Waals surface area contributed by atoms with Gasteiger partial charge in [0.25, 0.3) is 0 Å². The second-order valence-electron chi connectivity index (χ2n) is 3.54. The lowest BCUT2D eigenvalue weighted by Gasteiger charge is -2.12. The molecule has 1 aromatic rings. The summed E-state index contributed by atoms with van der Waals surface area (Å²) in [5.74, 6) is 1.11. The van der Waals surface area contributed by atoms with E-state index < -0.39 is 5.51 Å². The van der Waals surface area contributed by atoms with Gasteiger partial charge < -0.3 is 4.74 Å². The van der Waals surface area contributed by atoms with Crippen molar-refractivity contribution in [3.8, 4) is 5.75 Å². The van der Waals surface area contributed by atoms with Crippen molar-refractivity contribution in [3.05, 3.63) is 23.8 Å². The van der Waals surface area contributed by atoms with Gasteiger partial charge in [-0.3, -0.25) is 0 Å². The van der Waals surface area contributed by atoms with Gasteiger partial charge in [0.15, 0.2) is 0 Å². The van der Waals surface area contributed by atoms with Gasteiger partial charge >= 0.3 is 5.51 Å². The van der Waals surface area contributed by atoms with Gasteiger partial charge in [-0.25, -0.2) is 0 Å². The second-order valence-corrected chi connectivity index (χ2v) is 5.06. The number of alkyl halides is 4. The highest BCUT2D eigenvalue weighted by atomic mass is 35.5. The van der Waals surface area contributed by atoms with Crippen LogP contribution in [0.25, 0.3) is 0 Å². The minimum absolute atomic E-state index is 0.113. The molecule has 0 fully saturated rings. The summed E-state index contributed by atoms with van der Waals surface area (Å²) in [5.41, 5.74) is -3.50. The highest BCUT2D eigenvalue weighted by molar-refractivity contribution is 8.00. The van der Waals surface area contributed by atoms with Gasteiger partial charge in [-0.2, -0.15) is 13.2 Å². The van der Waals surface area contributed by atoms with Crippen LogP contribution in [0.4, 0.5) is 13.2 Å². The normalized spacial score (nSPS) is 11.6. The first-order valence-electron chi connectivity index (χ1n) is 5.53. The Morgan fingerprint density at radius 3 is 2.61 bits per heavy atom. The van der Waals surface area contributed by atoms with Crippen LogP contribution < -0.4 is 4.74 Å². The number of ether oxygens (including phenoxy) is 1. The lowest BCUT2D eigenvalue weighted by atomic mass is 10.1. The van der Waals surface area contributed by atoms with Crippen molar-refractivity contribution in [1.29, 1.82) is 0 Å². The molecule has 0 saturated heterocycles. The van der Waals surface area contributed by atoms with Crippen molar-refractivity contribution in [2.24, 2.45) is 0 Å². The Bertz CT molecular complexity index is 382. The monoisotopic (exact) mass is 298 g/mol. The fourth-order valence-corrected chi connectivity index (χ4v) is 2.24. The minimum atomic E-state index is -4.27. The molecule has 1 nitrogen and oxygen atoms in total. The molecule has 0 spiro atoms. The number of thioether (sulfide) groups is 1. The Hall–Kier alpha value is -0.550. The van der Waals surface area contributed by atoms with Crippen LogP contribution in [0.5, 0.6) is 5.75 Å². The van der Waals surface area contributed by atoms with Crippen molar-refractivity contribution in [1.82, 2.24) is 0 Å². The van der Waals surface area contributed by atoms with E-state index in [2.05, 4.69) is 0 Å². The molecule has 0 amide bonds. The predicted octanol–water partition coefficient (Wildman–Crippen LogP) is 4.87. The van der Waals surface area contributed by atoms with E-state index in [-0.39, 0.29) is 16.7 Å². The van der Waals surface area contributed by atoms with Crippen LogP contribution in [0, 0.1) is 0 Å². The molecule has 0 radical (unpaired) electrons. The summed E-state index contributed by atoms with van der Waals surface area (Å²) in [7, 11) is 0. The Morgan fingerprint density at radius 1 is 1.33 bits per heavy atom. The van der Waals surface area contributed by atoms with E-state index in [1.807, 2.05) is 6.92 Å². The third kappa shape index (κ3) is 5.40. The maximum Gasteiger partial charge on any atom is 0.446 e. The average molecular weight is 299 g/mol. The average Bonchev–Trinajstić information content (AvgIpc) is 2.27. The Balaban J connectivity index is 2.89. The molecule has 0 aliphatic carbocycles. The zero-order chi connectivity index (χ0) is 13.6. The standard InChI is InChI=1S/C12H14ClF3OS/c1-2-17-11-6-5-10(18-12(14,15)16)8-9(11)4-3-7-13/h5-6,8H,2-4,7H2,1H3.